The van der Waals surface area contributed by atoms with E-state index in [-0.39, 0.29) is 17.8 Å². The van der Waals surface area contributed by atoms with Crippen LogP contribution in [0.1, 0.15) is 18.9 Å². The quantitative estimate of drug-likeness (QED) is 0.862. The first-order valence-electron chi connectivity index (χ1n) is 4.69. The van der Waals surface area contributed by atoms with Crippen LogP contribution in [0.3, 0.4) is 0 Å². The van der Waals surface area contributed by atoms with Crippen molar-refractivity contribution in [2.24, 2.45) is 0 Å². The lowest BCUT2D eigenvalue weighted by molar-refractivity contribution is -0.126. The fourth-order valence-corrected chi connectivity index (χ4v) is 1.36. The van der Waals surface area contributed by atoms with Crippen LogP contribution in [0, 0.1) is 5.82 Å². The number of carbonyl (C=O) groups excluding carboxylic acids is 1. The molecule has 0 amide bonds. The Morgan fingerprint density at radius 1 is 1.60 bits per heavy atom. The Kier molecular flexibility index (Phi) is 4.24. The van der Waals surface area contributed by atoms with Crippen LogP contribution in [0.15, 0.2) is 18.2 Å². The maximum atomic E-state index is 13.3. The van der Waals surface area contributed by atoms with Gasteiger partial charge in [-0.25, -0.2) is 4.39 Å². The topological polar surface area (TPSA) is 37.3 Å². The molecule has 1 atom stereocenters. The number of hydrogen-bond donors (Lipinski definition) is 1. The zero-order valence-corrected chi connectivity index (χ0v) is 9.09. The molecular weight excluding hydrogens is 219 g/mol. The summed E-state index contributed by atoms with van der Waals surface area (Å²) in [6, 6.07) is 4.13. The maximum Gasteiger partial charge on any atom is 0.165 e. The van der Waals surface area contributed by atoms with Gasteiger partial charge in [0.25, 0.3) is 0 Å². The van der Waals surface area contributed by atoms with E-state index in [9.17, 15) is 14.3 Å². The van der Waals surface area contributed by atoms with E-state index in [1.54, 1.807) is 6.92 Å². The second-order valence-electron chi connectivity index (χ2n) is 3.30. The summed E-state index contributed by atoms with van der Waals surface area (Å²) in [5, 5.41) is 9.53. The van der Waals surface area contributed by atoms with Gasteiger partial charge in [0.1, 0.15) is 11.9 Å². The van der Waals surface area contributed by atoms with E-state index in [4.69, 9.17) is 11.6 Å². The second kappa shape index (κ2) is 5.24. The van der Waals surface area contributed by atoms with Gasteiger partial charge in [-0.1, -0.05) is 24.6 Å². The smallest absolute Gasteiger partial charge is 0.165 e. The summed E-state index contributed by atoms with van der Waals surface area (Å²) in [5.74, 6) is -0.891. The highest BCUT2D eigenvalue weighted by molar-refractivity contribution is 6.30. The highest BCUT2D eigenvalue weighted by atomic mass is 35.5. The van der Waals surface area contributed by atoms with Crippen LogP contribution in [-0.4, -0.2) is 17.0 Å². The van der Waals surface area contributed by atoms with Crippen molar-refractivity contribution in [1.82, 2.24) is 0 Å². The van der Waals surface area contributed by atoms with Gasteiger partial charge in [-0.15, -0.1) is 0 Å². The van der Waals surface area contributed by atoms with Crippen molar-refractivity contribution in [2.75, 3.05) is 0 Å². The standard InChI is InChI=1S/C11H12ClFO2/c1-2-10(14)11(15)5-7-3-4-8(12)6-9(7)13/h3-4,6,10,14H,2,5H2,1H3. The molecule has 1 rings (SSSR count). The lowest BCUT2D eigenvalue weighted by atomic mass is 10.0. The third kappa shape index (κ3) is 3.29. The molecule has 1 unspecified atom stereocenters. The van der Waals surface area contributed by atoms with Gasteiger partial charge in [-0.3, -0.25) is 4.79 Å². The molecule has 0 aliphatic carbocycles. The lowest BCUT2D eigenvalue weighted by Gasteiger charge is -2.07. The van der Waals surface area contributed by atoms with Crippen LogP contribution >= 0.6 is 11.6 Å². The highest BCUT2D eigenvalue weighted by Gasteiger charge is 2.15. The van der Waals surface area contributed by atoms with Gasteiger partial charge in [0.15, 0.2) is 5.78 Å². The van der Waals surface area contributed by atoms with Crippen LogP contribution in [0.25, 0.3) is 0 Å². The number of aliphatic hydroxyl groups excluding tert-OH is 1. The summed E-state index contributed by atoms with van der Waals surface area (Å²) in [7, 11) is 0. The summed E-state index contributed by atoms with van der Waals surface area (Å²) >= 11 is 5.57. The SMILES string of the molecule is CCC(O)C(=O)Cc1ccc(Cl)cc1F. The van der Waals surface area contributed by atoms with E-state index in [0.29, 0.717) is 11.4 Å². The Bertz CT molecular complexity index is 366. The second-order valence-corrected chi connectivity index (χ2v) is 3.74. The van der Waals surface area contributed by atoms with Gasteiger partial charge >= 0.3 is 0 Å². The molecule has 2 nitrogen and oxygen atoms in total. The van der Waals surface area contributed by atoms with E-state index in [2.05, 4.69) is 0 Å². The zero-order chi connectivity index (χ0) is 11.4. The molecular formula is C11H12ClFO2. The molecule has 0 aliphatic heterocycles. The first-order chi connectivity index (χ1) is 7.04. The summed E-state index contributed by atoms with van der Waals surface area (Å²) in [6.07, 6.45) is -0.772. The molecule has 0 fully saturated rings. The van der Waals surface area contributed by atoms with Crippen LogP contribution in [0.4, 0.5) is 4.39 Å². The normalized spacial score (nSPS) is 12.5. The molecule has 0 radical (unpaired) electrons. The van der Waals surface area contributed by atoms with Crippen molar-refractivity contribution in [3.63, 3.8) is 0 Å². The molecule has 1 aromatic rings. The van der Waals surface area contributed by atoms with Gasteiger partial charge < -0.3 is 5.11 Å². The Labute approximate surface area is 92.7 Å². The first kappa shape index (κ1) is 12.1. The number of Topliss-reactive ketones (excluding diaryl/α,β-unsaturated/α-hetero) is 1. The molecule has 0 heterocycles. The van der Waals surface area contributed by atoms with E-state index < -0.39 is 11.9 Å². The summed E-state index contributed by atoms with van der Waals surface area (Å²) < 4.78 is 13.3. The van der Waals surface area contributed by atoms with Gasteiger partial charge in [0, 0.05) is 11.4 Å². The highest BCUT2D eigenvalue weighted by Crippen LogP contribution is 2.15. The minimum Gasteiger partial charge on any atom is -0.385 e. The maximum absolute atomic E-state index is 13.3. The van der Waals surface area contributed by atoms with Gasteiger partial charge in [0.2, 0.25) is 0 Å². The average Bonchev–Trinajstić information content (AvgIpc) is 2.20. The Hall–Kier alpha value is -0.930. The third-order valence-electron chi connectivity index (χ3n) is 2.14. The predicted molar refractivity (Wildman–Crippen MR) is 56.4 cm³/mol. The van der Waals surface area contributed by atoms with E-state index >= 15 is 0 Å². The first-order valence-corrected chi connectivity index (χ1v) is 5.07. The summed E-state index contributed by atoms with van der Waals surface area (Å²) in [6.45, 7) is 1.70. The Morgan fingerprint density at radius 3 is 2.80 bits per heavy atom. The number of hydrogen-bond acceptors (Lipinski definition) is 2. The molecule has 1 N–H and O–H groups in total. The molecule has 15 heavy (non-hydrogen) atoms. The van der Waals surface area contributed by atoms with Crippen molar-refractivity contribution in [3.05, 3.63) is 34.6 Å². The van der Waals surface area contributed by atoms with Gasteiger partial charge in [-0.05, 0) is 24.1 Å². The molecule has 0 aliphatic rings. The van der Waals surface area contributed by atoms with Crippen molar-refractivity contribution in [2.45, 2.75) is 25.9 Å². The zero-order valence-electron chi connectivity index (χ0n) is 8.34. The lowest BCUT2D eigenvalue weighted by Crippen LogP contribution is -2.21. The Morgan fingerprint density at radius 2 is 2.27 bits per heavy atom. The molecule has 4 heteroatoms. The van der Waals surface area contributed by atoms with Crippen LogP contribution in [-0.2, 0) is 11.2 Å². The fourth-order valence-electron chi connectivity index (χ4n) is 1.20. The molecule has 0 aromatic heterocycles. The van der Waals surface area contributed by atoms with Crippen molar-refractivity contribution >= 4 is 17.4 Å². The molecule has 0 bridgehead atoms. The number of benzene rings is 1. The summed E-state index contributed by atoms with van der Waals surface area (Å²) in [5.41, 5.74) is 0.261. The van der Waals surface area contributed by atoms with Crippen molar-refractivity contribution < 1.29 is 14.3 Å². The minimum atomic E-state index is -1.01. The van der Waals surface area contributed by atoms with E-state index in [0.717, 1.165) is 6.07 Å². The van der Waals surface area contributed by atoms with E-state index in [1.807, 2.05) is 0 Å². The van der Waals surface area contributed by atoms with E-state index in [1.165, 1.54) is 12.1 Å². The minimum absolute atomic E-state index is 0.0992. The van der Waals surface area contributed by atoms with Crippen LogP contribution < -0.4 is 0 Å². The molecule has 0 spiro atoms. The molecule has 82 valence electrons. The molecule has 1 aromatic carbocycles. The average molecular weight is 231 g/mol. The fraction of sp³-hybridized carbons (Fsp3) is 0.364. The summed E-state index contributed by atoms with van der Waals surface area (Å²) in [4.78, 5) is 11.3. The van der Waals surface area contributed by atoms with Crippen molar-refractivity contribution in [3.8, 4) is 0 Å². The van der Waals surface area contributed by atoms with Crippen molar-refractivity contribution in [1.29, 1.82) is 0 Å². The monoisotopic (exact) mass is 230 g/mol. The van der Waals surface area contributed by atoms with Crippen LogP contribution in [0.2, 0.25) is 5.02 Å². The predicted octanol–water partition coefficient (Wildman–Crippen LogP) is 2.36. The van der Waals surface area contributed by atoms with Gasteiger partial charge in [-0.2, -0.15) is 0 Å². The molecule has 0 saturated carbocycles. The number of halogens is 2. The number of ketones is 1. The number of rotatable bonds is 4. The Balaban J connectivity index is 2.77. The largest absolute Gasteiger partial charge is 0.385 e. The number of aliphatic hydroxyl groups is 1. The number of carbonyl (C=O) groups is 1. The van der Waals surface area contributed by atoms with Gasteiger partial charge in [0.05, 0.1) is 0 Å². The van der Waals surface area contributed by atoms with Crippen LogP contribution in [0.5, 0.6) is 0 Å². The molecule has 0 saturated heterocycles. The third-order valence-corrected chi connectivity index (χ3v) is 2.37.